The molecule has 1 aromatic carbocycles. The van der Waals surface area contributed by atoms with E-state index in [0.717, 1.165) is 5.56 Å². The SMILES string of the molecule is COc1ccc(OC)c(CNC(=O)n2ccnc2)c1. The fraction of sp³-hybridized carbons (Fsp3) is 0.231. The number of hydrogen-bond acceptors (Lipinski definition) is 4. The van der Waals surface area contributed by atoms with E-state index in [-0.39, 0.29) is 6.03 Å². The maximum atomic E-state index is 11.8. The summed E-state index contributed by atoms with van der Waals surface area (Å²) in [5, 5.41) is 2.78. The molecular formula is C13H15N3O3. The number of imidazole rings is 1. The van der Waals surface area contributed by atoms with Crippen LogP contribution in [-0.4, -0.2) is 29.8 Å². The third-order valence-electron chi connectivity index (χ3n) is 2.66. The third kappa shape index (κ3) is 3.04. The number of nitrogens with zero attached hydrogens (tertiary/aromatic N) is 2. The lowest BCUT2D eigenvalue weighted by atomic mass is 10.2. The van der Waals surface area contributed by atoms with Crippen LogP contribution in [0.4, 0.5) is 4.79 Å². The average Bonchev–Trinajstić information content (AvgIpc) is 2.98. The molecule has 0 saturated heterocycles. The topological polar surface area (TPSA) is 65.4 Å². The van der Waals surface area contributed by atoms with Crippen molar-refractivity contribution in [2.24, 2.45) is 0 Å². The number of ether oxygens (including phenoxy) is 2. The molecule has 6 nitrogen and oxygen atoms in total. The van der Waals surface area contributed by atoms with Crippen LogP contribution in [0.15, 0.2) is 36.9 Å². The number of aromatic nitrogens is 2. The maximum absolute atomic E-state index is 11.8. The van der Waals surface area contributed by atoms with Crippen LogP contribution in [0, 0.1) is 0 Å². The molecule has 0 spiro atoms. The van der Waals surface area contributed by atoms with Crippen LogP contribution in [0.1, 0.15) is 5.56 Å². The summed E-state index contributed by atoms with van der Waals surface area (Å²) < 4.78 is 11.8. The summed E-state index contributed by atoms with van der Waals surface area (Å²) in [7, 11) is 3.18. The van der Waals surface area contributed by atoms with Crippen molar-refractivity contribution in [3.05, 3.63) is 42.5 Å². The quantitative estimate of drug-likeness (QED) is 0.909. The van der Waals surface area contributed by atoms with Crippen molar-refractivity contribution in [2.45, 2.75) is 6.54 Å². The van der Waals surface area contributed by atoms with Crippen molar-refractivity contribution in [3.63, 3.8) is 0 Å². The first-order valence-electron chi connectivity index (χ1n) is 5.71. The molecule has 1 heterocycles. The minimum absolute atomic E-state index is 0.248. The molecular weight excluding hydrogens is 246 g/mol. The number of benzene rings is 1. The minimum atomic E-state index is -0.248. The van der Waals surface area contributed by atoms with E-state index in [1.807, 2.05) is 6.07 Å². The van der Waals surface area contributed by atoms with Gasteiger partial charge in [0, 0.05) is 24.5 Å². The molecule has 0 aliphatic rings. The molecule has 100 valence electrons. The zero-order valence-electron chi connectivity index (χ0n) is 10.8. The van der Waals surface area contributed by atoms with Crippen LogP contribution in [-0.2, 0) is 6.54 Å². The van der Waals surface area contributed by atoms with Crippen molar-refractivity contribution in [3.8, 4) is 11.5 Å². The summed E-state index contributed by atoms with van der Waals surface area (Å²) >= 11 is 0. The Balaban J connectivity index is 2.08. The van der Waals surface area contributed by atoms with E-state index in [2.05, 4.69) is 10.3 Å². The van der Waals surface area contributed by atoms with Gasteiger partial charge in [-0.25, -0.2) is 9.78 Å². The van der Waals surface area contributed by atoms with Gasteiger partial charge in [0.15, 0.2) is 0 Å². The van der Waals surface area contributed by atoms with Crippen LogP contribution >= 0.6 is 0 Å². The molecule has 0 bridgehead atoms. The molecule has 0 fully saturated rings. The molecule has 0 aliphatic carbocycles. The van der Waals surface area contributed by atoms with E-state index in [1.54, 1.807) is 38.7 Å². The standard InChI is InChI=1S/C13H15N3O3/c1-18-11-3-4-12(19-2)10(7-11)8-15-13(17)16-6-5-14-9-16/h3-7,9H,8H2,1-2H3,(H,15,17). The van der Waals surface area contributed by atoms with Gasteiger partial charge in [-0.15, -0.1) is 0 Å². The van der Waals surface area contributed by atoms with E-state index >= 15 is 0 Å². The summed E-state index contributed by atoms with van der Waals surface area (Å²) in [5.41, 5.74) is 0.843. The number of carbonyl (C=O) groups is 1. The van der Waals surface area contributed by atoms with Crippen molar-refractivity contribution >= 4 is 6.03 Å². The monoisotopic (exact) mass is 261 g/mol. The van der Waals surface area contributed by atoms with Crippen LogP contribution in [0.3, 0.4) is 0 Å². The predicted octanol–water partition coefficient (Wildman–Crippen LogP) is 1.66. The Morgan fingerprint density at radius 1 is 1.37 bits per heavy atom. The van der Waals surface area contributed by atoms with Crippen molar-refractivity contribution in [2.75, 3.05) is 14.2 Å². The molecule has 6 heteroatoms. The van der Waals surface area contributed by atoms with Crippen LogP contribution in [0.2, 0.25) is 0 Å². The average molecular weight is 261 g/mol. The minimum Gasteiger partial charge on any atom is -0.497 e. The van der Waals surface area contributed by atoms with Gasteiger partial charge in [0.05, 0.1) is 14.2 Å². The Bertz CT molecular complexity index is 552. The second-order valence-corrected chi connectivity index (χ2v) is 3.81. The Morgan fingerprint density at radius 3 is 2.84 bits per heavy atom. The molecule has 0 radical (unpaired) electrons. The van der Waals surface area contributed by atoms with Gasteiger partial charge < -0.3 is 14.8 Å². The molecule has 2 rings (SSSR count). The summed E-state index contributed by atoms with van der Waals surface area (Å²) in [6.45, 7) is 0.345. The largest absolute Gasteiger partial charge is 0.497 e. The molecule has 0 unspecified atom stereocenters. The number of hydrogen-bond donors (Lipinski definition) is 1. The van der Waals surface area contributed by atoms with E-state index in [0.29, 0.717) is 18.0 Å². The van der Waals surface area contributed by atoms with E-state index < -0.39 is 0 Å². The molecule has 0 aliphatic heterocycles. The Hall–Kier alpha value is -2.50. The predicted molar refractivity (Wildman–Crippen MR) is 69.4 cm³/mol. The van der Waals surface area contributed by atoms with Crippen molar-refractivity contribution in [1.82, 2.24) is 14.9 Å². The first-order valence-corrected chi connectivity index (χ1v) is 5.71. The zero-order valence-corrected chi connectivity index (χ0v) is 10.8. The van der Waals surface area contributed by atoms with Gasteiger partial charge in [0.1, 0.15) is 17.8 Å². The smallest absolute Gasteiger partial charge is 0.327 e. The van der Waals surface area contributed by atoms with E-state index in [4.69, 9.17) is 9.47 Å². The Kier molecular flexibility index (Phi) is 4.02. The van der Waals surface area contributed by atoms with Gasteiger partial charge in [-0.2, -0.15) is 0 Å². The third-order valence-corrected chi connectivity index (χ3v) is 2.66. The van der Waals surface area contributed by atoms with Gasteiger partial charge in [-0.3, -0.25) is 4.57 Å². The lowest BCUT2D eigenvalue weighted by Gasteiger charge is -2.11. The van der Waals surface area contributed by atoms with E-state index in [9.17, 15) is 4.79 Å². The van der Waals surface area contributed by atoms with Crippen molar-refractivity contribution in [1.29, 1.82) is 0 Å². The fourth-order valence-corrected chi connectivity index (χ4v) is 1.66. The van der Waals surface area contributed by atoms with Crippen molar-refractivity contribution < 1.29 is 14.3 Å². The Labute approximate surface area is 111 Å². The molecule has 0 saturated carbocycles. The zero-order chi connectivity index (χ0) is 13.7. The first-order chi connectivity index (χ1) is 9.24. The van der Waals surface area contributed by atoms with Crippen LogP contribution in [0.25, 0.3) is 0 Å². The normalized spacial score (nSPS) is 10.0. The maximum Gasteiger partial charge on any atom is 0.327 e. The number of nitrogens with one attached hydrogen (secondary N) is 1. The fourth-order valence-electron chi connectivity index (χ4n) is 1.66. The summed E-state index contributed by atoms with van der Waals surface area (Å²) in [5.74, 6) is 1.42. The van der Waals surface area contributed by atoms with Gasteiger partial charge in [0.25, 0.3) is 0 Å². The summed E-state index contributed by atoms with van der Waals surface area (Å²) in [6, 6.07) is 5.19. The highest BCUT2D eigenvalue weighted by Crippen LogP contribution is 2.23. The lowest BCUT2D eigenvalue weighted by molar-refractivity contribution is 0.242. The van der Waals surface area contributed by atoms with Crippen LogP contribution < -0.4 is 14.8 Å². The highest BCUT2D eigenvalue weighted by Gasteiger charge is 2.08. The summed E-state index contributed by atoms with van der Waals surface area (Å²) in [4.78, 5) is 15.6. The highest BCUT2D eigenvalue weighted by molar-refractivity contribution is 5.76. The molecule has 1 aromatic heterocycles. The number of amides is 1. The molecule has 1 amide bonds. The molecule has 2 aromatic rings. The van der Waals surface area contributed by atoms with Gasteiger partial charge >= 0.3 is 6.03 Å². The number of methoxy groups -OCH3 is 2. The van der Waals surface area contributed by atoms with Gasteiger partial charge in [-0.1, -0.05) is 0 Å². The van der Waals surface area contributed by atoms with Gasteiger partial charge in [-0.05, 0) is 18.2 Å². The number of carbonyl (C=O) groups excluding carboxylic acids is 1. The van der Waals surface area contributed by atoms with Gasteiger partial charge in [0.2, 0.25) is 0 Å². The summed E-state index contributed by atoms with van der Waals surface area (Å²) in [6.07, 6.45) is 4.57. The van der Waals surface area contributed by atoms with E-state index in [1.165, 1.54) is 10.9 Å². The second kappa shape index (κ2) is 5.90. The van der Waals surface area contributed by atoms with Crippen LogP contribution in [0.5, 0.6) is 11.5 Å². The molecule has 1 N–H and O–H groups in total. The molecule has 19 heavy (non-hydrogen) atoms. The second-order valence-electron chi connectivity index (χ2n) is 3.81. The number of rotatable bonds is 4. The Morgan fingerprint density at radius 2 is 2.21 bits per heavy atom. The lowest BCUT2D eigenvalue weighted by Crippen LogP contribution is -2.27. The molecule has 0 atom stereocenters. The highest BCUT2D eigenvalue weighted by atomic mass is 16.5. The first kappa shape index (κ1) is 12.9.